The summed E-state index contributed by atoms with van der Waals surface area (Å²) in [4.78, 5) is 83.5. The molecule has 16 heteroatoms. The van der Waals surface area contributed by atoms with E-state index in [1.807, 2.05) is 50.2 Å². The SMILES string of the molecule is COC(=O)NCC(=O)N1CCC[C@H]1c1ncc(-c2ccc3c(=O)c4c(ccc5cc(-c6cnc([C@@H]7CCCN7C(=O)[C@@H](NC(=O)OC)C(C)C)[nH]6)ccc54)oc3c2)[nH]1. The number of aromatic amines is 2. The van der Waals surface area contributed by atoms with Crippen LogP contribution in [0.3, 0.4) is 0 Å². The first kappa shape index (κ1) is 38.2. The molecular weight excluding hydrogens is 745 g/mol. The molecule has 2 aliphatic rings. The van der Waals surface area contributed by atoms with Gasteiger partial charge in [-0.1, -0.05) is 38.1 Å². The Balaban J connectivity index is 1.03. The van der Waals surface area contributed by atoms with Crippen LogP contribution in [0.2, 0.25) is 0 Å². The molecule has 0 bridgehead atoms. The first-order chi connectivity index (χ1) is 28.0. The third-order valence-electron chi connectivity index (χ3n) is 11.2. The van der Waals surface area contributed by atoms with Crippen LogP contribution in [0.5, 0.6) is 0 Å². The number of methoxy groups -OCH3 is 2. The molecule has 0 radical (unpaired) electrons. The lowest BCUT2D eigenvalue weighted by molar-refractivity contribution is -0.135. The molecule has 8 rings (SSSR count). The fourth-order valence-corrected chi connectivity index (χ4v) is 8.18. The van der Waals surface area contributed by atoms with Gasteiger partial charge in [-0.05, 0) is 66.6 Å². The zero-order valence-corrected chi connectivity index (χ0v) is 32.6. The molecular formula is C42H44N8O8. The van der Waals surface area contributed by atoms with Gasteiger partial charge in [-0.25, -0.2) is 19.6 Å². The number of imidazole rings is 2. The van der Waals surface area contributed by atoms with Crippen molar-refractivity contribution in [2.75, 3.05) is 33.9 Å². The highest BCUT2D eigenvalue weighted by Crippen LogP contribution is 2.36. The van der Waals surface area contributed by atoms with Crippen molar-refractivity contribution >= 4 is 56.7 Å². The molecule has 3 aromatic carbocycles. The highest BCUT2D eigenvalue weighted by atomic mass is 16.5. The fourth-order valence-electron chi connectivity index (χ4n) is 8.18. The van der Waals surface area contributed by atoms with Gasteiger partial charge < -0.3 is 44.3 Å². The molecule has 0 spiro atoms. The van der Waals surface area contributed by atoms with Gasteiger partial charge in [0.05, 0.1) is 60.9 Å². The normalized spacial score (nSPS) is 17.3. The van der Waals surface area contributed by atoms with E-state index in [0.717, 1.165) is 53.3 Å². The van der Waals surface area contributed by atoms with Crippen molar-refractivity contribution in [3.8, 4) is 22.5 Å². The Morgan fingerprint density at radius 2 is 1.43 bits per heavy atom. The molecule has 300 valence electrons. The van der Waals surface area contributed by atoms with E-state index in [1.165, 1.54) is 14.2 Å². The minimum atomic E-state index is -0.724. The van der Waals surface area contributed by atoms with E-state index in [1.54, 1.807) is 34.3 Å². The highest BCUT2D eigenvalue weighted by molar-refractivity contribution is 6.09. The number of likely N-dealkylation sites (tertiary alicyclic amines) is 2. The second-order valence-corrected chi connectivity index (χ2v) is 15.0. The summed E-state index contributed by atoms with van der Waals surface area (Å²) in [7, 11) is 2.52. The summed E-state index contributed by atoms with van der Waals surface area (Å²) in [5.74, 6) is 0.765. The Kier molecular flexibility index (Phi) is 10.3. The van der Waals surface area contributed by atoms with Crippen molar-refractivity contribution in [2.24, 2.45) is 5.92 Å². The van der Waals surface area contributed by atoms with Crippen LogP contribution in [0.1, 0.15) is 63.3 Å². The second kappa shape index (κ2) is 15.7. The number of hydrogen-bond donors (Lipinski definition) is 4. The zero-order valence-electron chi connectivity index (χ0n) is 32.6. The van der Waals surface area contributed by atoms with Crippen molar-refractivity contribution in [1.29, 1.82) is 0 Å². The molecule has 0 saturated carbocycles. The highest BCUT2D eigenvalue weighted by Gasteiger charge is 2.38. The number of nitrogens with one attached hydrogen (secondary N) is 4. The number of hydrogen-bond acceptors (Lipinski definition) is 10. The topological polar surface area (TPSA) is 205 Å². The third kappa shape index (κ3) is 7.09. The average Bonchev–Trinajstić information content (AvgIpc) is 4.08. The molecule has 4 amide bonds. The Morgan fingerprint density at radius 3 is 2.09 bits per heavy atom. The van der Waals surface area contributed by atoms with Gasteiger partial charge in [0.2, 0.25) is 17.2 Å². The number of aromatic nitrogens is 4. The number of fused-ring (bicyclic) bond motifs is 4. The molecule has 2 saturated heterocycles. The number of alkyl carbamates (subject to hydrolysis) is 2. The van der Waals surface area contributed by atoms with Gasteiger partial charge in [0.25, 0.3) is 0 Å². The van der Waals surface area contributed by atoms with Crippen LogP contribution in [0.4, 0.5) is 9.59 Å². The molecule has 5 heterocycles. The molecule has 58 heavy (non-hydrogen) atoms. The van der Waals surface area contributed by atoms with Gasteiger partial charge in [0.1, 0.15) is 35.4 Å². The van der Waals surface area contributed by atoms with Crippen LogP contribution < -0.4 is 16.1 Å². The van der Waals surface area contributed by atoms with Gasteiger partial charge in [0, 0.05) is 24.2 Å². The van der Waals surface area contributed by atoms with Crippen LogP contribution in [0.25, 0.3) is 55.2 Å². The van der Waals surface area contributed by atoms with Gasteiger partial charge in [-0.2, -0.15) is 0 Å². The number of carbonyl (C=O) groups is 4. The first-order valence-corrected chi connectivity index (χ1v) is 19.3. The van der Waals surface area contributed by atoms with E-state index >= 15 is 0 Å². The molecule has 3 atom stereocenters. The number of carbonyl (C=O) groups excluding carboxylic acids is 4. The van der Waals surface area contributed by atoms with Crippen molar-refractivity contribution < 1.29 is 33.1 Å². The summed E-state index contributed by atoms with van der Waals surface area (Å²) in [5.41, 5.74) is 3.85. The van der Waals surface area contributed by atoms with E-state index in [4.69, 9.17) is 9.15 Å². The van der Waals surface area contributed by atoms with Crippen molar-refractivity contribution in [1.82, 2.24) is 40.4 Å². The number of amides is 4. The largest absolute Gasteiger partial charge is 0.456 e. The fraction of sp³-hybridized carbons (Fsp3) is 0.357. The maximum atomic E-state index is 14.1. The van der Waals surface area contributed by atoms with E-state index in [9.17, 15) is 24.0 Å². The molecule has 2 aliphatic heterocycles. The van der Waals surface area contributed by atoms with E-state index in [2.05, 4.69) is 35.3 Å². The lowest BCUT2D eigenvalue weighted by Crippen LogP contribution is -2.51. The molecule has 4 N–H and O–H groups in total. The van der Waals surface area contributed by atoms with Crippen LogP contribution in [-0.4, -0.2) is 93.6 Å². The van der Waals surface area contributed by atoms with E-state index in [-0.39, 0.29) is 41.8 Å². The molecule has 2 fully saturated rings. The summed E-state index contributed by atoms with van der Waals surface area (Å²) in [6.45, 7) is 4.71. The summed E-state index contributed by atoms with van der Waals surface area (Å²) < 4.78 is 15.7. The number of rotatable bonds is 9. The standard InChI is InChI=1S/C42H44N8O8/c1-22(2)36(48-42(55)57-4)40(53)50-16-6-8-31(50)39-44-19-28(46-39)24-9-12-26-23(17-24)11-14-32-35(26)37(52)27-13-10-25(18-33(27)58-32)29-20-43-38(47-29)30-7-5-15-49(30)34(51)21-45-41(54)56-3/h9-14,17-20,22,30-31,36H,5-8,15-16,21H2,1-4H3,(H,43,47)(H,44,46)(H,45,54)(H,48,55)/t30-,31-,36-/m0/s1. The van der Waals surface area contributed by atoms with Gasteiger partial charge in [0.15, 0.2) is 0 Å². The quantitative estimate of drug-likeness (QED) is 0.100. The smallest absolute Gasteiger partial charge is 0.407 e. The minimum Gasteiger partial charge on any atom is -0.456 e. The molecule has 0 aliphatic carbocycles. The third-order valence-corrected chi connectivity index (χ3v) is 11.2. The number of benzene rings is 3. The summed E-state index contributed by atoms with van der Waals surface area (Å²) in [5, 5.41) is 7.64. The molecule has 6 aromatic rings. The lowest BCUT2D eigenvalue weighted by Gasteiger charge is -2.30. The van der Waals surface area contributed by atoms with Crippen molar-refractivity contribution in [2.45, 2.75) is 57.7 Å². The van der Waals surface area contributed by atoms with Crippen LogP contribution in [0.15, 0.2) is 70.1 Å². The van der Waals surface area contributed by atoms with Gasteiger partial charge >= 0.3 is 12.2 Å². The van der Waals surface area contributed by atoms with E-state index < -0.39 is 18.2 Å². The summed E-state index contributed by atoms with van der Waals surface area (Å²) >= 11 is 0. The summed E-state index contributed by atoms with van der Waals surface area (Å²) in [6, 6.07) is 13.7. The molecule has 16 nitrogen and oxygen atoms in total. The maximum Gasteiger partial charge on any atom is 0.407 e. The number of ether oxygens (including phenoxy) is 2. The monoisotopic (exact) mass is 788 g/mol. The van der Waals surface area contributed by atoms with Crippen LogP contribution in [-0.2, 0) is 19.1 Å². The second-order valence-electron chi connectivity index (χ2n) is 15.0. The Hall–Kier alpha value is -6.71. The van der Waals surface area contributed by atoms with Crippen molar-refractivity contribution in [3.05, 3.63) is 82.8 Å². The number of nitrogens with zero attached hydrogens (tertiary/aromatic N) is 4. The number of H-pyrrole nitrogens is 2. The first-order valence-electron chi connectivity index (χ1n) is 19.3. The van der Waals surface area contributed by atoms with Crippen molar-refractivity contribution in [3.63, 3.8) is 0 Å². The predicted octanol–water partition coefficient (Wildman–Crippen LogP) is 5.94. The minimum absolute atomic E-state index is 0.137. The molecule has 3 aromatic heterocycles. The lowest BCUT2D eigenvalue weighted by atomic mass is 10.0. The van der Waals surface area contributed by atoms with Gasteiger partial charge in [-0.15, -0.1) is 0 Å². The molecule has 0 unspecified atom stereocenters. The Labute approximate surface area is 332 Å². The van der Waals surface area contributed by atoms with E-state index in [0.29, 0.717) is 52.4 Å². The van der Waals surface area contributed by atoms with Crippen LogP contribution in [0, 0.1) is 5.92 Å². The van der Waals surface area contributed by atoms with Gasteiger partial charge in [-0.3, -0.25) is 14.4 Å². The maximum absolute atomic E-state index is 14.1. The van der Waals surface area contributed by atoms with Crippen LogP contribution >= 0.6 is 0 Å². The zero-order chi connectivity index (χ0) is 40.7. The average molecular weight is 789 g/mol. The Bertz CT molecular complexity index is 2630. The summed E-state index contributed by atoms with van der Waals surface area (Å²) in [6.07, 6.45) is 5.22. The Morgan fingerprint density at radius 1 is 0.810 bits per heavy atom. The predicted molar refractivity (Wildman–Crippen MR) is 215 cm³/mol.